The highest BCUT2D eigenvalue weighted by Gasteiger charge is 2.33. The first-order valence-corrected chi connectivity index (χ1v) is 9.51. The zero-order chi connectivity index (χ0) is 18.1. The number of carbonyl (C=O) groups excluding carboxylic acids is 1. The summed E-state index contributed by atoms with van der Waals surface area (Å²) in [4.78, 5) is 21.2. The van der Waals surface area contributed by atoms with E-state index in [0.717, 1.165) is 16.6 Å². The molecule has 2 atom stereocenters. The largest absolute Gasteiger partial charge is 0.462 e. The molecule has 0 radical (unpaired) electrons. The van der Waals surface area contributed by atoms with Crippen molar-refractivity contribution in [2.24, 2.45) is 0 Å². The van der Waals surface area contributed by atoms with E-state index in [1.807, 2.05) is 55.5 Å². The number of anilines is 2. The highest BCUT2D eigenvalue weighted by Crippen LogP contribution is 2.34. The summed E-state index contributed by atoms with van der Waals surface area (Å²) in [6.07, 6.45) is 0.591. The van der Waals surface area contributed by atoms with E-state index in [1.165, 1.54) is 11.8 Å². The lowest BCUT2D eigenvalue weighted by atomic mass is 10.2. The minimum absolute atomic E-state index is 0.0684. The standard InChI is InChI=1S/C19H16ClN3O2S/c1-11-10-16(18(24)25-11)26-19-22-14-8-4-2-6-12(14)17(23-19)21-15-9-5-3-7-13(15)20/h2-9,11,16H,10H2,1H3,(H,21,22,23)/t11-,16+/m0/s1. The Kier molecular flexibility index (Phi) is 4.70. The molecule has 0 amide bonds. The van der Waals surface area contributed by atoms with Gasteiger partial charge in [0.25, 0.3) is 0 Å². The van der Waals surface area contributed by atoms with E-state index in [2.05, 4.69) is 15.3 Å². The normalized spacial score (nSPS) is 19.5. The lowest BCUT2D eigenvalue weighted by molar-refractivity contribution is -0.140. The van der Waals surface area contributed by atoms with Crippen LogP contribution in [-0.4, -0.2) is 27.3 Å². The second-order valence-electron chi connectivity index (χ2n) is 6.07. The third kappa shape index (κ3) is 3.48. The van der Waals surface area contributed by atoms with Crippen molar-refractivity contribution in [1.82, 2.24) is 9.97 Å². The number of halogens is 1. The first-order chi connectivity index (χ1) is 12.6. The second-order valence-corrected chi connectivity index (χ2v) is 7.64. The van der Waals surface area contributed by atoms with Gasteiger partial charge in [-0.1, -0.05) is 47.6 Å². The Morgan fingerprint density at radius 3 is 2.69 bits per heavy atom. The third-order valence-electron chi connectivity index (χ3n) is 4.08. The van der Waals surface area contributed by atoms with Crippen LogP contribution in [0.1, 0.15) is 13.3 Å². The van der Waals surface area contributed by atoms with E-state index < -0.39 is 0 Å². The topological polar surface area (TPSA) is 64.1 Å². The van der Waals surface area contributed by atoms with E-state index >= 15 is 0 Å². The molecule has 0 saturated carbocycles. The van der Waals surface area contributed by atoms with Gasteiger partial charge in [0.1, 0.15) is 17.2 Å². The SMILES string of the molecule is C[C@H]1C[C@@H](Sc2nc(Nc3ccccc3Cl)c3ccccc3n2)C(=O)O1. The van der Waals surface area contributed by atoms with Gasteiger partial charge in [-0.25, -0.2) is 9.97 Å². The quantitative estimate of drug-likeness (QED) is 0.513. The highest BCUT2D eigenvalue weighted by molar-refractivity contribution is 8.00. The molecule has 1 fully saturated rings. The molecule has 4 rings (SSSR count). The van der Waals surface area contributed by atoms with Crippen LogP contribution in [0.3, 0.4) is 0 Å². The summed E-state index contributed by atoms with van der Waals surface area (Å²) < 4.78 is 5.23. The van der Waals surface area contributed by atoms with Gasteiger partial charge in [-0.15, -0.1) is 0 Å². The van der Waals surface area contributed by atoms with Crippen LogP contribution in [-0.2, 0) is 9.53 Å². The molecule has 132 valence electrons. The van der Waals surface area contributed by atoms with Gasteiger partial charge in [-0.2, -0.15) is 0 Å². The van der Waals surface area contributed by atoms with Crippen LogP contribution in [0.15, 0.2) is 53.7 Å². The van der Waals surface area contributed by atoms with Gasteiger partial charge in [0.2, 0.25) is 0 Å². The van der Waals surface area contributed by atoms with E-state index in [0.29, 0.717) is 22.4 Å². The number of cyclic esters (lactones) is 1. The van der Waals surface area contributed by atoms with E-state index in [1.54, 1.807) is 0 Å². The van der Waals surface area contributed by atoms with Crippen molar-refractivity contribution < 1.29 is 9.53 Å². The molecule has 0 spiro atoms. The minimum atomic E-state index is -0.278. The molecule has 1 aliphatic rings. The average molecular weight is 386 g/mol. The zero-order valence-corrected chi connectivity index (χ0v) is 15.6. The van der Waals surface area contributed by atoms with Crippen molar-refractivity contribution >= 4 is 51.7 Å². The maximum absolute atomic E-state index is 11.9. The predicted molar refractivity (Wildman–Crippen MR) is 104 cm³/mol. The molecule has 1 N–H and O–H groups in total. The monoisotopic (exact) mass is 385 g/mol. The molecule has 1 aliphatic heterocycles. The summed E-state index contributed by atoms with van der Waals surface area (Å²) in [6.45, 7) is 1.89. The van der Waals surface area contributed by atoms with Crippen molar-refractivity contribution in [1.29, 1.82) is 0 Å². The molecule has 0 aliphatic carbocycles. The number of aromatic nitrogens is 2. The molecule has 0 bridgehead atoms. The first kappa shape index (κ1) is 17.1. The Hall–Kier alpha value is -2.31. The van der Waals surface area contributed by atoms with Gasteiger partial charge in [0.15, 0.2) is 5.16 Å². The number of ether oxygens (including phenoxy) is 1. The highest BCUT2D eigenvalue weighted by atomic mass is 35.5. The Morgan fingerprint density at radius 1 is 1.15 bits per heavy atom. The average Bonchev–Trinajstić information content (AvgIpc) is 2.94. The predicted octanol–water partition coefficient (Wildman–Crippen LogP) is 4.82. The number of carbonyl (C=O) groups is 1. The van der Waals surface area contributed by atoms with Crippen molar-refractivity contribution in [3.63, 3.8) is 0 Å². The summed E-state index contributed by atoms with van der Waals surface area (Å²) in [5.74, 6) is 0.450. The van der Waals surface area contributed by atoms with E-state index in [9.17, 15) is 4.79 Å². The maximum Gasteiger partial charge on any atom is 0.319 e. The molecule has 1 saturated heterocycles. The van der Waals surface area contributed by atoms with Crippen molar-refractivity contribution in [3.8, 4) is 0 Å². The van der Waals surface area contributed by atoms with Gasteiger partial charge in [0, 0.05) is 11.8 Å². The Labute approximate surface area is 160 Å². The molecule has 1 aromatic heterocycles. The number of hydrogen-bond donors (Lipinski definition) is 1. The third-order valence-corrected chi connectivity index (χ3v) is 5.48. The summed E-state index contributed by atoms with van der Waals surface area (Å²) in [7, 11) is 0. The summed E-state index contributed by atoms with van der Waals surface area (Å²) >= 11 is 7.60. The Morgan fingerprint density at radius 2 is 1.92 bits per heavy atom. The maximum atomic E-state index is 11.9. The minimum Gasteiger partial charge on any atom is -0.462 e. The van der Waals surface area contributed by atoms with Crippen molar-refractivity contribution in [3.05, 3.63) is 53.6 Å². The number of hydrogen-bond acceptors (Lipinski definition) is 6. The van der Waals surface area contributed by atoms with E-state index in [-0.39, 0.29) is 17.3 Å². The molecule has 2 aromatic carbocycles. The number of thioether (sulfide) groups is 1. The lowest BCUT2D eigenvalue weighted by Crippen LogP contribution is -2.10. The van der Waals surface area contributed by atoms with Crippen LogP contribution in [0.4, 0.5) is 11.5 Å². The molecule has 26 heavy (non-hydrogen) atoms. The smallest absolute Gasteiger partial charge is 0.319 e. The fourth-order valence-corrected chi connectivity index (χ4v) is 4.09. The molecule has 3 aromatic rings. The molecule has 0 unspecified atom stereocenters. The fourth-order valence-electron chi connectivity index (χ4n) is 2.84. The van der Waals surface area contributed by atoms with Crippen molar-refractivity contribution in [2.45, 2.75) is 29.9 Å². The summed E-state index contributed by atoms with van der Waals surface area (Å²) in [5.41, 5.74) is 1.57. The number of esters is 1. The molecule has 7 heteroatoms. The van der Waals surface area contributed by atoms with E-state index in [4.69, 9.17) is 16.3 Å². The van der Waals surface area contributed by atoms with Crippen LogP contribution in [0.5, 0.6) is 0 Å². The van der Waals surface area contributed by atoms with Crippen LogP contribution in [0.2, 0.25) is 5.02 Å². The van der Waals surface area contributed by atoms with Gasteiger partial charge < -0.3 is 10.1 Å². The van der Waals surface area contributed by atoms with Crippen LogP contribution in [0, 0.1) is 0 Å². The zero-order valence-electron chi connectivity index (χ0n) is 14.0. The fraction of sp³-hybridized carbons (Fsp3) is 0.211. The van der Waals surface area contributed by atoms with Crippen LogP contribution < -0.4 is 5.32 Å². The molecule has 5 nitrogen and oxygen atoms in total. The Balaban J connectivity index is 1.71. The van der Waals surface area contributed by atoms with Gasteiger partial charge in [-0.05, 0) is 31.2 Å². The van der Waals surface area contributed by atoms with Gasteiger partial charge in [0.05, 0.1) is 16.2 Å². The second kappa shape index (κ2) is 7.13. The number of fused-ring (bicyclic) bond motifs is 1. The molecular formula is C19H16ClN3O2S. The number of rotatable bonds is 4. The number of para-hydroxylation sites is 2. The summed E-state index contributed by atoms with van der Waals surface area (Å²) in [5, 5.41) is 5.04. The van der Waals surface area contributed by atoms with Crippen LogP contribution >= 0.6 is 23.4 Å². The van der Waals surface area contributed by atoms with Crippen LogP contribution in [0.25, 0.3) is 10.9 Å². The number of nitrogens with one attached hydrogen (secondary N) is 1. The summed E-state index contributed by atoms with van der Waals surface area (Å²) in [6, 6.07) is 15.2. The number of nitrogens with zero attached hydrogens (tertiary/aromatic N) is 2. The lowest BCUT2D eigenvalue weighted by Gasteiger charge is -2.12. The first-order valence-electron chi connectivity index (χ1n) is 8.25. The van der Waals surface area contributed by atoms with Gasteiger partial charge in [-0.3, -0.25) is 4.79 Å². The van der Waals surface area contributed by atoms with Crippen molar-refractivity contribution in [2.75, 3.05) is 5.32 Å². The molecular weight excluding hydrogens is 370 g/mol. The Bertz CT molecular complexity index is 982. The van der Waals surface area contributed by atoms with Gasteiger partial charge >= 0.3 is 5.97 Å². The number of benzene rings is 2. The molecule has 2 heterocycles.